The molecule has 8 heteroatoms. The van der Waals surface area contributed by atoms with Crippen molar-refractivity contribution in [2.24, 2.45) is 4.99 Å². The van der Waals surface area contributed by atoms with E-state index in [0.717, 1.165) is 37.6 Å². The average Bonchev–Trinajstić information content (AvgIpc) is 3.15. The van der Waals surface area contributed by atoms with Crippen LogP contribution in [0.5, 0.6) is 17.2 Å². The van der Waals surface area contributed by atoms with Gasteiger partial charge in [-0.05, 0) is 38.0 Å². The van der Waals surface area contributed by atoms with Crippen molar-refractivity contribution in [1.29, 1.82) is 0 Å². The highest BCUT2D eigenvalue weighted by atomic mass is 127. The molecule has 2 aromatic rings. The van der Waals surface area contributed by atoms with Crippen molar-refractivity contribution < 1.29 is 14.2 Å². The summed E-state index contributed by atoms with van der Waals surface area (Å²) < 4.78 is 16.5. The lowest BCUT2D eigenvalue weighted by Crippen LogP contribution is -2.44. The van der Waals surface area contributed by atoms with E-state index in [9.17, 15) is 0 Å². The SMILES string of the molecule is CCNC(=NCc1ccc(OC)c(OC)c1OC)NC1CC(C)N(Cc2ccccc2)C1.I. The van der Waals surface area contributed by atoms with Gasteiger partial charge in [-0.15, -0.1) is 24.0 Å². The van der Waals surface area contributed by atoms with Gasteiger partial charge in [0.05, 0.1) is 27.9 Å². The van der Waals surface area contributed by atoms with Gasteiger partial charge in [-0.3, -0.25) is 4.90 Å². The van der Waals surface area contributed by atoms with Crippen LogP contribution in [0, 0.1) is 0 Å². The largest absolute Gasteiger partial charge is 0.493 e. The summed E-state index contributed by atoms with van der Waals surface area (Å²) in [6.45, 7) is 7.59. The number of nitrogens with one attached hydrogen (secondary N) is 2. The molecule has 1 aliphatic heterocycles. The van der Waals surface area contributed by atoms with Crippen LogP contribution < -0.4 is 24.8 Å². The molecule has 2 unspecified atom stereocenters. The van der Waals surface area contributed by atoms with Crippen molar-refractivity contribution in [3.8, 4) is 17.2 Å². The topological polar surface area (TPSA) is 67.4 Å². The smallest absolute Gasteiger partial charge is 0.203 e. The van der Waals surface area contributed by atoms with Crippen LogP contribution in [0.4, 0.5) is 0 Å². The number of halogens is 1. The number of likely N-dealkylation sites (tertiary alicyclic amines) is 1. The van der Waals surface area contributed by atoms with Crippen LogP contribution in [0.25, 0.3) is 0 Å². The maximum absolute atomic E-state index is 5.60. The Morgan fingerprint density at radius 3 is 2.39 bits per heavy atom. The van der Waals surface area contributed by atoms with Gasteiger partial charge in [-0.25, -0.2) is 4.99 Å². The Kier molecular flexibility index (Phi) is 11.1. The molecule has 2 atom stereocenters. The molecule has 182 valence electrons. The van der Waals surface area contributed by atoms with Crippen LogP contribution in [-0.4, -0.2) is 57.4 Å². The molecule has 3 rings (SSSR count). The highest BCUT2D eigenvalue weighted by Gasteiger charge is 2.29. The van der Waals surface area contributed by atoms with Crippen LogP contribution in [0.15, 0.2) is 47.5 Å². The summed E-state index contributed by atoms with van der Waals surface area (Å²) >= 11 is 0. The van der Waals surface area contributed by atoms with Gasteiger partial charge in [0.1, 0.15) is 0 Å². The molecule has 1 heterocycles. The highest BCUT2D eigenvalue weighted by Crippen LogP contribution is 2.40. The predicted molar refractivity (Wildman–Crippen MR) is 144 cm³/mol. The van der Waals surface area contributed by atoms with E-state index in [-0.39, 0.29) is 24.0 Å². The molecule has 2 N–H and O–H groups in total. The summed E-state index contributed by atoms with van der Waals surface area (Å²) in [6, 6.07) is 15.4. The second kappa shape index (κ2) is 13.5. The number of ether oxygens (including phenoxy) is 3. The maximum Gasteiger partial charge on any atom is 0.203 e. The molecule has 33 heavy (non-hydrogen) atoms. The van der Waals surface area contributed by atoms with E-state index in [1.165, 1.54) is 5.56 Å². The second-order valence-corrected chi connectivity index (χ2v) is 8.03. The Morgan fingerprint density at radius 2 is 1.76 bits per heavy atom. The Balaban J connectivity index is 0.00000385. The zero-order chi connectivity index (χ0) is 22.9. The second-order valence-electron chi connectivity index (χ2n) is 8.03. The van der Waals surface area contributed by atoms with Gasteiger partial charge >= 0.3 is 0 Å². The van der Waals surface area contributed by atoms with Gasteiger partial charge in [-0.1, -0.05) is 30.3 Å². The van der Waals surface area contributed by atoms with E-state index in [2.05, 4.69) is 59.7 Å². The zero-order valence-electron chi connectivity index (χ0n) is 20.3. The quantitative estimate of drug-likeness (QED) is 0.271. The van der Waals surface area contributed by atoms with Gasteiger partial charge in [0.2, 0.25) is 5.75 Å². The summed E-state index contributed by atoms with van der Waals surface area (Å²) in [5.74, 6) is 2.68. The molecule has 0 amide bonds. The summed E-state index contributed by atoms with van der Waals surface area (Å²) in [6.07, 6.45) is 1.08. The number of nitrogens with zero attached hydrogens (tertiary/aromatic N) is 2. The fourth-order valence-electron chi connectivity index (χ4n) is 4.21. The molecule has 7 nitrogen and oxygen atoms in total. The summed E-state index contributed by atoms with van der Waals surface area (Å²) in [5, 5.41) is 6.99. The molecular formula is C25H37IN4O3. The maximum atomic E-state index is 5.60. The number of hydrogen-bond acceptors (Lipinski definition) is 5. The normalized spacial score (nSPS) is 18.4. The van der Waals surface area contributed by atoms with Crippen molar-refractivity contribution in [1.82, 2.24) is 15.5 Å². The van der Waals surface area contributed by atoms with Crippen LogP contribution in [0.1, 0.15) is 31.4 Å². The number of methoxy groups -OCH3 is 3. The van der Waals surface area contributed by atoms with Gasteiger partial charge < -0.3 is 24.8 Å². The van der Waals surface area contributed by atoms with E-state index in [1.807, 2.05) is 12.1 Å². The molecule has 0 aromatic heterocycles. The first kappa shape index (κ1) is 27.0. The Hall–Kier alpha value is -2.20. The lowest BCUT2D eigenvalue weighted by Gasteiger charge is -2.21. The standard InChI is InChI=1S/C25H36N4O3.HI/c1-6-26-25(27-15-20-12-13-22(30-3)24(32-5)23(20)31-4)28-21-14-18(2)29(17-21)16-19-10-8-7-9-11-19;/h7-13,18,21H,6,14-17H2,1-5H3,(H2,26,27,28);1H. The monoisotopic (exact) mass is 568 g/mol. The highest BCUT2D eigenvalue weighted by molar-refractivity contribution is 14.0. The lowest BCUT2D eigenvalue weighted by molar-refractivity contribution is 0.258. The number of benzene rings is 2. The molecule has 1 saturated heterocycles. The van der Waals surface area contributed by atoms with Gasteiger partial charge in [0.15, 0.2) is 17.5 Å². The lowest BCUT2D eigenvalue weighted by atomic mass is 10.1. The summed E-state index contributed by atoms with van der Waals surface area (Å²) in [4.78, 5) is 7.34. The van der Waals surface area contributed by atoms with Crippen molar-refractivity contribution in [2.45, 2.75) is 45.4 Å². The molecule has 1 fully saturated rings. The predicted octanol–water partition coefficient (Wildman–Crippen LogP) is 4.05. The van der Waals surface area contributed by atoms with Crippen molar-refractivity contribution in [2.75, 3.05) is 34.4 Å². The van der Waals surface area contributed by atoms with Crippen molar-refractivity contribution in [3.63, 3.8) is 0 Å². The van der Waals surface area contributed by atoms with Crippen LogP contribution in [0.3, 0.4) is 0 Å². The molecule has 0 aliphatic carbocycles. The van der Waals surface area contributed by atoms with Crippen molar-refractivity contribution >= 4 is 29.9 Å². The molecule has 0 saturated carbocycles. The molecule has 1 aliphatic rings. The van der Waals surface area contributed by atoms with Gasteiger partial charge in [0, 0.05) is 37.3 Å². The summed E-state index contributed by atoms with van der Waals surface area (Å²) in [5.41, 5.74) is 2.29. The third-order valence-corrected chi connectivity index (χ3v) is 5.81. The first-order valence-electron chi connectivity index (χ1n) is 11.2. The number of aliphatic imine (C=N–C) groups is 1. The Morgan fingerprint density at radius 1 is 1.03 bits per heavy atom. The summed E-state index contributed by atoms with van der Waals surface area (Å²) in [7, 11) is 4.86. The van der Waals surface area contributed by atoms with E-state index in [4.69, 9.17) is 19.2 Å². The number of rotatable bonds is 9. The fraction of sp³-hybridized carbons (Fsp3) is 0.480. The zero-order valence-corrected chi connectivity index (χ0v) is 22.6. The van der Waals surface area contributed by atoms with Crippen molar-refractivity contribution in [3.05, 3.63) is 53.6 Å². The minimum absolute atomic E-state index is 0. The van der Waals surface area contributed by atoms with E-state index in [0.29, 0.717) is 35.9 Å². The first-order valence-corrected chi connectivity index (χ1v) is 11.2. The minimum atomic E-state index is 0. The molecule has 0 radical (unpaired) electrons. The van der Waals surface area contributed by atoms with E-state index in [1.54, 1.807) is 21.3 Å². The first-order chi connectivity index (χ1) is 15.6. The van der Waals surface area contributed by atoms with E-state index < -0.39 is 0 Å². The molecule has 0 spiro atoms. The van der Waals surface area contributed by atoms with E-state index >= 15 is 0 Å². The van der Waals surface area contributed by atoms with Crippen LogP contribution in [0.2, 0.25) is 0 Å². The average molecular weight is 569 g/mol. The molecule has 0 bridgehead atoms. The minimum Gasteiger partial charge on any atom is -0.493 e. The number of hydrogen-bond donors (Lipinski definition) is 2. The number of guanidine groups is 1. The van der Waals surface area contributed by atoms with Crippen LogP contribution in [-0.2, 0) is 13.1 Å². The molecule has 2 aromatic carbocycles. The van der Waals surface area contributed by atoms with Gasteiger partial charge in [-0.2, -0.15) is 0 Å². The fourth-order valence-corrected chi connectivity index (χ4v) is 4.21. The Labute approximate surface area is 214 Å². The Bertz CT molecular complexity index is 895. The third kappa shape index (κ3) is 7.14. The van der Waals surface area contributed by atoms with Gasteiger partial charge in [0.25, 0.3) is 0 Å². The molecular weight excluding hydrogens is 531 g/mol. The third-order valence-electron chi connectivity index (χ3n) is 5.81. The van der Waals surface area contributed by atoms with Crippen LogP contribution >= 0.6 is 24.0 Å².